The minimum atomic E-state index is -3.85. The number of esters is 1. The van der Waals surface area contributed by atoms with Crippen molar-refractivity contribution in [2.75, 3.05) is 6.61 Å². The van der Waals surface area contributed by atoms with Gasteiger partial charge in [0.2, 0.25) is 10.0 Å². The van der Waals surface area contributed by atoms with Crippen molar-refractivity contribution in [1.82, 2.24) is 4.72 Å². The Labute approximate surface area is 162 Å². The number of halogens is 1. The Morgan fingerprint density at radius 1 is 1.11 bits per heavy atom. The van der Waals surface area contributed by atoms with Gasteiger partial charge < -0.3 is 4.74 Å². The summed E-state index contributed by atoms with van der Waals surface area (Å²) in [6, 6.07) is 13.8. The number of ketones is 1. The molecule has 2 aromatic rings. The van der Waals surface area contributed by atoms with Gasteiger partial charge in [-0.1, -0.05) is 41.9 Å². The van der Waals surface area contributed by atoms with Gasteiger partial charge in [-0.05, 0) is 42.8 Å². The SMILES string of the molecule is C[C@H](NS(=O)(=O)/C=C/c1ccccc1)C(=O)OCC(=O)c1ccc(Cl)cc1. The van der Waals surface area contributed by atoms with E-state index in [1.54, 1.807) is 36.4 Å². The molecule has 142 valence electrons. The molecule has 8 heteroatoms. The first-order valence-corrected chi connectivity index (χ1v) is 9.90. The normalized spacial score (nSPS) is 12.7. The van der Waals surface area contributed by atoms with Crippen molar-refractivity contribution in [3.8, 4) is 0 Å². The second-order valence-electron chi connectivity index (χ2n) is 5.64. The lowest BCUT2D eigenvalue weighted by Gasteiger charge is -2.12. The molecule has 6 nitrogen and oxygen atoms in total. The number of Topliss-reactive ketones (excluding diaryl/α,β-unsaturated/α-hetero) is 1. The lowest BCUT2D eigenvalue weighted by Crippen LogP contribution is -2.39. The van der Waals surface area contributed by atoms with Gasteiger partial charge in [-0.15, -0.1) is 0 Å². The van der Waals surface area contributed by atoms with Crippen molar-refractivity contribution in [3.05, 3.63) is 76.2 Å². The van der Waals surface area contributed by atoms with Crippen molar-refractivity contribution in [2.45, 2.75) is 13.0 Å². The van der Waals surface area contributed by atoms with Crippen LogP contribution in [0.2, 0.25) is 5.02 Å². The van der Waals surface area contributed by atoms with E-state index in [2.05, 4.69) is 4.72 Å². The highest BCUT2D eigenvalue weighted by atomic mass is 35.5. The van der Waals surface area contributed by atoms with E-state index in [0.29, 0.717) is 16.1 Å². The van der Waals surface area contributed by atoms with Crippen molar-refractivity contribution in [3.63, 3.8) is 0 Å². The van der Waals surface area contributed by atoms with E-state index < -0.39 is 34.4 Å². The maximum absolute atomic E-state index is 12.0. The van der Waals surface area contributed by atoms with Crippen LogP contribution >= 0.6 is 11.6 Å². The first-order valence-electron chi connectivity index (χ1n) is 7.98. The highest BCUT2D eigenvalue weighted by Crippen LogP contribution is 2.10. The average molecular weight is 408 g/mol. The summed E-state index contributed by atoms with van der Waals surface area (Å²) in [6.07, 6.45) is 1.41. The maximum Gasteiger partial charge on any atom is 0.324 e. The highest BCUT2D eigenvalue weighted by Gasteiger charge is 2.21. The molecule has 0 aliphatic rings. The Morgan fingerprint density at radius 2 is 1.74 bits per heavy atom. The largest absolute Gasteiger partial charge is 0.456 e. The van der Waals surface area contributed by atoms with Crippen LogP contribution in [0.15, 0.2) is 60.0 Å². The molecule has 2 rings (SSSR count). The second-order valence-corrected chi connectivity index (χ2v) is 7.67. The predicted molar refractivity (Wildman–Crippen MR) is 104 cm³/mol. The molecule has 0 spiro atoms. The molecule has 0 saturated heterocycles. The van der Waals surface area contributed by atoms with Gasteiger partial charge in [0, 0.05) is 16.0 Å². The summed E-state index contributed by atoms with van der Waals surface area (Å²) in [5.41, 5.74) is 1.04. The van der Waals surface area contributed by atoms with Gasteiger partial charge in [0.15, 0.2) is 12.4 Å². The van der Waals surface area contributed by atoms with Crippen LogP contribution in [0.5, 0.6) is 0 Å². The van der Waals surface area contributed by atoms with Crippen LogP contribution in [-0.2, 0) is 19.6 Å². The molecule has 0 bridgehead atoms. The van der Waals surface area contributed by atoms with Crippen molar-refractivity contribution < 1.29 is 22.7 Å². The van der Waals surface area contributed by atoms with E-state index in [0.717, 1.165) is 5.41 Å². The molecule has 0 aromatic heterocycles. The van der Waals surface area contributed by atoms with Crippen LogP contribution in [-0.4, -0.2) is 32.8 Å². The second kappa shape index (κ2) is 9.45. The predicted octanol–water partition coefficient (Wildman–Crippen LogP) is 3.04. The van der Waals surface area contributed by atoms with Crippen LogP contribution in [0.3, 0.4) is 0 Å². The summed E-state index contributed by atoms with van der Waals surface area (Å²) in [5.74, 6) is -1.27. The summed E-state index contributed by atoms with van der Waals surface area (Å²) in [6.45, 7) is 0.843. The number of hydrogen-bond acceptors (Lipinski definition) is 5. The number of nitrogens with one attached hydrogen (secondary N) is 1. The first-order chi connectivity index (χ1) is 12.8. The molecule has 0 radical (unpaired) electrons. The minimum absolute atomic E-state index is 0.339. The number of ether oxygens (including phenoxy) is 1. The molecule has 0 fully saturated rings. The quantitative estimate of drug-likeness (QED) is 0.536. The van der Waals surface area contributed by atoms with Crippen LogP contribution < -0.4 is 4.72 Å². The number of hydrogen-bond donors (Lipinski definition) is 1. The molecule has 0 aliphatic carbocycles. The molecule has 27 heavy (non-hydrogen) atoms. The van der Waals surface area contributed by atoms with Crippen molar-refractivity contribution in [1.29, 1.82) is 0 Å². The Balaban J connectivity index is 1.88. The van der Waals surface area contributed by atoms with Gasteiger partial charge in [0.1, 0.15) is 6.04 Å². The van der Waals surface area contributed by atoms with E-state index in [-0.39, 0.29) is 0 Å². The fraction of sp³-hybridized carbons (Fsp3) is 0.158. The van der Waals surface area contributed by atoms with Crippen LogP contribution in [0, 0.1) is 0 Å². The molecule has 1 atom stereocenters. The minimum Gasteiger partial charge on any atom is -0.456 e. The van der Waals surface area contributed by atoms with Gasteiger partial charge in [-0.2, -0.15) is 4.72 Å². The van der Waals surface area contributed by atoms with E-state index in [9.17, 15) is 18.0 Å². The Bertz CT molecular complexity index is 924. The molecule has 0 unspecified atom stereocenters. The summed E-state index contributed by atoms with van der Waals surface area (Å²) >= 11 is 5.74. The van der Waals surface area contributed by atoms with Gasteiger partial charge in [-0.3, -0.25) is 9.59 Å². The summed E-state index contributed by atoms with van der Waals surface area (Å²) in [5, 5.41) is 1.44. The zero-order valence-corrected chi connectivity index (χ0v) is 16.0. The molecule has 2 aromatic carbocycles. The smallest absolute Gasteiger partial charge is 0.324 e. The third-order valence-electron chi connectivity index (χ3n) is 3.45. The molecular weight excluding hydrogens is 390 g/mol. The Kier molecular flexibility index (Phi) is 7.29. The molecule has 0 heterocycles. The lowest BCUT2D eigenvalue weighted by atomic mass is 10.1. The monoisotopic (exact) mass is 407 g/mol. The van der Waals surface area contributed by atoms with Crippen molar-refractivity contribution >= 4 is 39.5 Å². The lowest BCUT2D eigenvalue weighted by molar-refractivity contribution is -0.144. The number of carbonyl (C=O) groups is 2. The van der Waals surface area contributed by atoms with E-state index in [4.69, 9.17) is 16.3 Å². The number of sulfonamides is 1. The van der Waals surface area contributed by atoms with Gasteiger partial charge in [-0.25, -0.2) is 8.42 Å². The zero-order valence-electron chi connectivity index (χ0n) is 14.5. The maximum atomic E-state index is 12.0. The number of carbonyl (C=O) groups excluding carboxylic acids is 2. The summed E-state index contributed by atoms with van der Waals surface area (Å²) in [4.78, 5) is 23.9. The van der Waals surface area contributed by atoms with Crippen molar-refractivity contribution in [2.24, 2.45) is 0 Å². The van der Waals surface area contributed by atoms with Crippen LogP contribution in [0.1, 0.15) is 22.8 Å². The Morgan fingerprint density at radius 3 is 2.37 bits per heavy atom. The van der Waals surface area contributed by atoms with Crippen LogP contribution in [0.4, 0.5) is 0 Å². The standard InChI is InChI=1S/C19H18ClNO5S/c1-14(21-27(24,25)12-11-15-5-3-2-4-6-15)19(23)26-13-18(22)16-7-9-17(20)10-8-16/h2-12,14,21H,13H2,1H3/b12-11+/t14-/m0/s1. The average Bonchev–Trinajstić information content (AvgIpc) is 2.65. The molecule has 0 saturated carbocycles. The number of benzene rings is 2. The van der Waals surface area contributed by atoms with Gasteiger partial charge in [0.05, 0.1) is 0 Å². The molecule has 1 N–H and O–H groups in total. The summed E-state index contributed by atoms with van der Waals surface area (Å²) in [7, 11) is -3.85. The fourth-order valence-corrected chi connectivity index (χ4v) is 3.18. The Hall–Kier alpha value is -2.48. The fourth-order valence-electron chi connectivity index (χ4n) is 2.05. The van der Waals surface area contributed by atoms with Gasteiger partial charge in [0.25, 0.3) is 0 Å². The summed E-state index contributed by atoms with van der Waals surface area (Å²) < 4.78 is 31.1. The van der Waals surface area contributed by atoms with E-state index in [1.165, 1.54) is 25.1 Å². The molecule has 0 amide bonds. The third-order valence-corrected chi connectivity index (χ3v) is 4.87. The first kappa shape index (κ1) is 20.8. The van der Waals surface area contributed by atoms with Crippen LogP contribution in [0.25, 0.3) is 6.08 Å². The van der Waals surface area contributed by atoms with Gasteiger partial charge >= 0.3 is 5.97 Å². The molecular formula is C19H18ClNO5S. The van der Waals surface area contributed by atoms with E-state index >= 15 is 0 Å². The third kappa shape index (κ3) is 6.97. The van der Waals surface area contributed by atoms with E-state index in [1.807, 2.05) is 6.07 Å². The highest BCUT2D eigenvalue weighted by molar-refractivity contribution is 7.92. The topological polar surface area (TPSA) is 89.5 Å². The molecule has 0 aliphatic heterocycles. The number of rotatable bonds is 8. The zero-order chi connectivity index (χ0) is 19.9.